The molecule has 1 amide bonds. The molecule has 0 saturated heterocycles. The average molecular weight is 334 g/mol. The lowest BCUT2D eigenvalue weighted by atomic mass is 10.2. The second-order valence-corrected chi connectivity index (χ2v) is 5.60. The first-order valence-electron chi connectivity index (χ1n) is 6.77. The number of nitrogens with zero attached hydrogens (tertiary/aromatic N) is 1. The normalized spacial score (nSPS) is 10.1. The molecule has 0 unspecified atom stereocenters. The number of hydrogen-bond acceptors (Lipinski definition) is 6. The number of nitrogens with one attached hydrogen (secondary N) is 1. The lowest BCUT2D eigenvalue weighted by molar-refractivity contribution is -0.384. The molecule has 0 aliphatic carbocycles. The number of nitro groups is 1. The number of non-ortho nitro benzene ring substituents is 1. The first kappa shape index (κ1) is 16.6. The summed E-state index contributed by atoms with van der Waals surface area (Å²) in [6, 6.07) is 9.06. The van der Waals surface area contributed by atoms with Crippen molar-refractivity contribution in [3.63, 3.8) is 0 Å². The van der Waals surface area contributed by atoms with Crippen LogP contribution in [-0.4, -0.2) is 30.0 Å². The van der Waals surface area contributed by atoms with Crippen LogP contribution in [0.2, 0.25) is 0 Å². The van der Waals surface area contributed by atoms with Crippen LogP contribution < -0.4 is 5.32 Å². The van der Waals surface area contributed by atoms with Crippen LogP contribution in [0, 0.1) is 10.1 Å². The monoisotopic (exact) mass is 334 g/mol. The maximum atomic E-state index is 11.8. The number of thiophene rings is 1. The quantitative estimate of drug-likeness (QED) is 0.475. The van der Waals surface area contributed by atoms with Gasteiger partial charge in [0.25, 0.3) is 11.6 Å². The van der Waals surface area contributed by atoms with Gasteiger partial charge >= 0.3 is 5.97 Å². The summed E-state index contributed by atoms with van der Waals surface area (Å²) >= 11 is 1.60. The van der Waals surface area contributed by atoms with Crippen LogP contribution in [0.15, 0.2) is 41.8 Å². The van der Waals surface area contributed by atoms with Gasteiger partial charge in [-0.05, 0) is 23.9 Å². The fourth-order valence-electron chi connectivity index (χ4n) is 1.79. The molecular formula is C15H14N2O5S. The van der Waals surface area contributed by atoms with Crippen molar-refractivity contribution < 1.29 is 19.2 Å². The molecule has 0 fully saturated rings. The number of benzene rings is 1. The molecule has 0 aliphatic rings. The van der Waals surface area contributed by atoms with Gasteiger partial charge in [-0.3, -0.25) is 14.9 Å². The number of hydrogen-bond donors (Lipinski definition) is 1. The third-order valence-corrected chi connectivity index (χ3v) is 3.84. The molecule has 8 heteroatoms. The molecule has 0 aliphatic heterocycles. The van der Waals surface area contributed by atoms with Gasteiger partial charge in [-0.1, -0.05) is 12.1 Å². The zero-order valence-electron chi connectivity index (χ0n) is 12.1. The van der Waals surface area contributed by atoms with Crippen LogP contribution in [0.1, 0.15) is 15.2 Å². The minimum Gasteiger partial charge on any atom is -0.452 e. The molecule has 2 aromatic rings. The number of nitro benzene ring substituents is 1. The van der Waals surface area contributed by atoms with Gasteiger partial charge in [-0.25, -0.2) is 4.79 Å². The van der Waals surface area contributed by atoms with Crippen molar-refractivity contribution in [1.29, 1.82) is 0 Å². The van der Waals surface area contributed by atoms with E-state index in [0.717, 1.165) is 10.9 Å². The Morgan fingerprint density at radius 2 is 2.09 bits per heavy atom. The van der Waals surface area contributed by atoms with Crippen LogP contribution in [0.4, 0.5) is 5.69 Å². The number of rotatable bonds is 7. The van der Waals surface area contributed by atoms with E-state index in [1.165, 1.54) is 18.2 Å². The second-order valence-electron chi connectivity index (χ2n) is 4.56. The molecule has 1 aromatic heterocycles. The predicted octanol–water partition coefficient (Wildman–Crippen LogP) is 2.17. The van der Waals surface area contributed by atoms with E-state index in [1.54, 1.807) is 11.3 Å². The fourth-order valence-corrected chi connectivity index (χ4v) is 2.50. The lowest BCUT2D eigenvalue weighted by Crippen LogP contribution is -2.30. The van der Waals surface area contributed by atoms with E-state index in [4.69, 9.17) is 4.74 Å². The van der Waals surface area contributed by atoms with Crippen molar-refractivity contribution in [2.75, 3.05) is 13.2 Å². The Kier molecular flexibility index (Phi) is 5.81. The highest BCUT2D eigenvalue weighted by Gasteiger charge is 2.14. The van der Waals surface area contributed by atoms with E-state index in [2.05, 4.69) is 5.32 Å². The summed E-state index contributed by atoms with van der Waals surface area (Å²) in [4.78, 5) is 34.5. The van der Waals surface area contributed by atoms with E-state index in [9.17, 15) is 19.7 Å². The lowest BCUT2D eigenvalue weighted by Gasteiger charge is -2.06. The fraction of sp³-hybridized carbons (Fsp3) is 0.200. The first-order valence-corrected chi connectivity index (χ1v) is 7.65. The summed E-state index contributed by atoms with van der Waals surface area (Å²) < 4.78 is 4.84. The number of esters is 1. The summed E-state index contributed by atoms with van der Waals surface area (Å²) in [6.07, 6.45) is 0.711. The van der Waals surface area contributed by atoms with E-state index in [0.29, 0.717) is 13.0 Å². The molecule has 7 nitrogen and oxygen atoms in total. The van der Waals surface area contributed by atoms with Gasteiger partial charge < -0.3 is 10.1 Å². The molecule has 0 bridgehead atoms. The summed E-state index contributed by atoms with van der Waals surface area (Å²) in [6.45, 7) is 0.0275. The topological polar surface area (TPSA) is 98.5 Å². The maximum absolute atomic E-state index is 11.8. The van der Waals surface area contributed by atoms with Gasteiger partial charge in [0.05, 0.1) is 10.5 Å². The predicted molar refractivity (Wildman–Crippen MR) is 84.4 cm³/mol. The van der Waals surface area contributed by atoms with Crippen molar-refractivity contribution in [3.8, 4) is 0 Å². The Bertz CT molecular complexity index is 700. The largest absolute Gasteiger partial charge is 0.452 e. The zero-order valence-corrected chi connectivity index (χ0v) is 12.9. The molecule has 1 heterocycles. The molecule has 1 aromatic carbocycles. The first-order chi connectivity index (χ1) is 11.1. The molecular weight excluding hydrogens is 320 g/mol. The molecule has 2 rings (SSSR count). The Labute approximate surface area is 136 Å². The highest BCUT2D eigenvalue weighted by atomic mass is 32.1. The van der Waals surface area contributed by atoms with Crippen molar-refractivity contribution in [2.45, 2.75) is 6.42 Å². The average Bonchev–Trinajstić information content (AvgIpc) is 3.06. The minimum atomic E-state index is -0.776. The third kappa shape index (κ3) is 5.19. The number of ether oxygens (including phenoxy) is 1. The van der Waals surface area contributed by atoms with Crippen LogP contribution >= 0.6 is 11.3 Å². The Morgan fingerprint density at radius 1 is 1.26 bits per heavy atom. The molecule has 120 valence electrons. The van der Waals surface area contributed by atoms with Crippen LogP contribution in [-0.2, 0) is 16.0 Å². The molecule has 0 spiro atoms. The van der Waals surface area contributed by atoms with E-state index in [-0.39, 0.29) is 11.3 Å². The van der Waals surface area contributed by atoms with Crippen molar-refractivity contribution in [3.05, 3.63) is 62.3 Å². The van der Waals surface area contributed by atoms with Crippen molar-refractivity contribution in [1.82, 2.24) is 5.32 Å². The second kappa shape index (κ2) is 8.04. The smallest absolute Gasteiger partial charge is 0.338 e. The van der Waals surface area contributed by atoms with Gasteiger partial charge in [0.1, 0.15) is 0 Å². The molecule has 0 saturated carbocycles. The molecule has 1 N–H and O–H groups in total. The minimum absolute atomic E-state index is 0.0329. The highest BCUT2D eigenvalue weighted by Crippen LogP contribution is 2.13. The summed E-state index contributed by atoms with van der Waals surface area (Å²) in [7, 11) is 0. The Balaban J connectivity index is 1.76. The maximum Gasteiger partial charge on any atom is 0.338 e. The Hall–Kier alpha value is -2.74. The highest BCUT2D eigenvalue weighted by molar-refractivity contribution is 7.09. The van der Waals surface area contributed by atoms with E-state index in [1.807, 2.05) is 17.5 Å². The van der Waals surface area contributed by atoms with Crippen LogP contribution in [0.3, 0.4) is 0 Å². The SMILES string of the molecule is O=C(COC(=O)c1cccc([N+](=O)[O-])c1)NCCc1cccs1. The van der Waals surface area contributed by atoms with E-state index >= 15 is 0 Å². The molecule has 0 atom stereocenters. The number of amides is 1. The summed E-state index contributed by atoms with van der Waals surface area (Å²) in [5, 5.41) is 15.2. The van der Waals surface area contributed by atoms with Crippen molar-refractivity contribution in [2.24, 2.45) is 0 Å². The molecule has 23 heavy (non-hydrogen) atoms. The van der Waals surface area contributed by atoms with Crippen LogP contribution in [0.25, 0.3) is 0 Å². The van der Waals surface area contributed by atoms with E-state index < -0.39 is 23.4 Å². The standard InChI is InChI=1S/C15H14N2O5S/c18-14(16-7-6-13-5-2-8-23-13)10-22-15(19)11-3-1-4-12(9-11)17(20)21/h1-5,8-9H,6-7,10H2,(H,16,18). The summed E-state index contributed by atoms with van der Waals surface area (Å²) in [5.41, 5.74) is -0.176. The van der Waals surface area contributed by atoms with Gasteiger partial charge in [-0.15, -0.1) is 11.3 Å². The van der Waals surface area contributed by atoms with Gasteiger partial charge in [0, 0.05) is 23.6 Å². The number of carbonyl (C=O) groups excluding carboxylic acids is 2. The van der Waals surface area contributed by atoms with Gasteiger partial charge in [0.15, 0.2) is 6.61 Å². The van der Waals surface area contributed by atoms with Crippen LogP contribution in [0.5, 0.6) is 0 Å². The third-order valence-electron chi connectivity index (χ3n) is 2.90. The van der Waals surface area contributed by atoms with Gasteiger partial charge in [0.2, 0.25) is 0 Å². The zero-order chi connectivity index (χ0) is 16.7. The number of carbonyl (C=O) groups is 2. The Morgan fingerprint density at radius 3 is 2.78 bits per heavy atom. The van der Waals surface area contributed by atoms with Gasteiger partial charge in [-0.2, -0.15) is 0 Å². The summed E-state index contributed by atoms with van der Waals surface area (Å²) in [5.74, 6) is -1.19. The molecule has 0 radical (unpaired) electrons. The van der Waals surface area contributed by atoms with Crippen molar-refractivity contribution >= 4 is 28.9 Å².